The van der Waals surface area contributed by atoms with E-state index < -0.39 is 18.0 Å². The van der Waals surface area contributed by atoms with Gasteiger partial charge in [0.05, 0.1) is 5.97 Å². The summed E-state index contributed by atoms with van der Waals surface area (Å²) in [5, 5.41) is 22.6. The molecule has 0 radical (unpaired) electrons. The van der Waals surface area contributed by atoms with Crippen molar-refractivity contribution in [2.24, 2.45) is 5.73 Å². The predicted octanol–water partition coefficient (Wildman–Crippen LogP) is -1.99. The van der Waals surface area contributed by atoms with Crippen molar-refractivity contribution in [1.82, 2.24) is 0 Å². The van der Waals surface area contributed by atoms with Gasteiger partial charge >= 0.3 is 75.4 Å². The Morgan fingerprint density at radius 3 is 2.10 bits per heavy atom. The first-order chi connectivity index (χ1) is 9.77. The van der Waals surface area contributed by atoms with Gasteiger partial charge in [-0.25, -0.2) is 0 Å². The van der Waals surface area contributed by atoms with Gasteiger partial charge in [-0.05, 0) is 12.8 Å². The Morgan fingerprint density at radius 2 is 1.76 bits per heavy atom. The summed E-state index contributed by atoms with van der Waals surface area (Å²) >= 11 is 0.693. The molecule has 3 N–H and O–H groups in total. The molecule has 8 heteroatoms. The van der Waals surface area contributed by atoms with Crippen LogP contribution >= 0.6 is 0 Å². The van der Waals surface area contributed by atoms with E-state index in [0.29, 0.717) is 18.3 Å². The molecular formula is C13H15N2O5Zn. The van der Waals surface area contributed by atoms with Crippen molar-refractivity contribution in [3.63, 3.8) is 0 Å². The van der Waals surface area contributed by atoms with Crippen molar-refractivity contribution in [3.8, 4) is 0 Å². The van der Waals surface area contributed by atoms with Crippen LogP contribution in [0, 0.1) is 0 Å². The standard InChI is InChI=1S/C8H8NO.C5H9NO4.Zn/c1-9-8-4-2-7(6-10)3-5-8;6-3(5(9)10)1-2-4(7)8;/h2-5,9H,1H3;3H,1-2,6H2,(H,7,8)(H,9,10);/q;;+2/p-2. The first-order valence-electron chi connectivity index (χ1n) is 6.08. The number of anilines is 1. The molecule has 0 aliphatic carbocycles. The van der Waals surface area contributed by atoms with Crippen LogP contribution in [0.3, 0.4) is 0 Å². The molecule has 7 nitrogen and oxygen atoms in total. The number of carbonyl (C=O) groups excluding carboxylic acids is 3. The van der Waals surface area contributed by atoms with Crippen molar-refractivity contribution in [3.05, 3.63) is 29.8 Å². The molecule has 21 heavy (non-hydrogen) atoms. The second-order valence-corrected chi connectivity index (χ2v) is 5.43. The van der Waals surface area contributed by atoms with Gasteiger partial charge in [0, 0.05) is 12.0 Å². The van der Waals surface area contributed by atoms with Gasteiger partial charge in [-0.15, -0.1) is 0 Å². The maximum absolute atomic E-state index is 10.9. The van der Waals surface area contributed by atoms with E-state index in [1.807, 2.05) is 31.3 Å². The van der Waals surface area contributed by atoms with Crippen LogP contribution in [0.4, 0.5) is 5.69 Å². The number of nitrogens with one attached hydrogen (secondary N) is 1. The summed E-state index contributed by atoms with van der Waals surface area (Å²) in [6, 6.07) is 6.29. The van der Waals surface area contributed by atoms with Gasteiger partial charge in [-0.1, -0.05) is 0 Å². The zero-order valence-electron chi connectivity index (χ0n) is 11.6. The molecule has 109 valence electrons. The summed E-state index contributed by atoms with van der Waals surface area (Å²) < 4.78 is 0.229. The molecule has 1 unspecified atom stereocenters. The summed E-state index contributed by atoms with van der Waals surface area (Å²) in [6.45, 7) is 0. The van der Waals surface area contributed by atoms with Gasteiger partial charge in [0.25, 0.3) is 0 Å². The molecule has 0 bridgehead atoms. The number of rotatable bonds is 6. The second kappa shape index (κ2) is 10.0. The van der Waals surface area contributed by atoms with Crippen molar-refractivity contribution < 1.29 is 42.9 Å². The van der Waals surface area contributed by atoms with E-state index in [1.54, 1.807) is 0 Å². The number of carbonyl (C=O) groups is 3. The third-order valence-corrected chi connectivity index (χ3v) is 3.31. The molecule has 1 aromatic carbocycles. The fourth-order valence-corrected chi connectivity index (χ4v) is 1.71. The maximum Gasteiger partial charge on any atom is 0.0582 e. The fourth-order valence-electron chi connectivity index (χ4n) is 1.21. The molecule has 0 heterocycles. The molecular weight excluding hydrogens is 330 g/mol. The zero-order chi connectivity index (χ0) is 16.4. The number of hydrogen-bond acceptors (Lipinski definition) is 7. The average Bonchev–Trinajstić information content (AvgIpc) is 2.45. The molecule has 0 fully saturated rings. The van der Waals surface area contributed by atoms with Gasteiger partial charge in [0.2, 0.25) is 0 Å². The van der Waals surface area contributed by atoms with Crippen molar-refractivity contribution in [2.45, 2.75) is 18.9 Å². The van der Waals surface area contributed by atoms with E-state index in [4.69, 9.17) is 5.73 Å². The molecule has 0 saturated carbocycles. The SMILES string of the molecule is CNc1ccc([C](=O)[Zn+2])cc1.NC(CCC(=O)[O-])C(=O)[O-]. The van der Waals surface area contributed by atoms with E-state index in [2.05, 4.69) is 5.32 Å². The van der Waals surface area contributed by atoms with Crippen molar-refractivity contribution >= 4 is 22.0 Å². The normalized spacial score (nSPS) is 10.9. The maximum atomic E-state index is 10.9. The Morgan fingerprint density at radius 1 is 1.24 bits per heavy atom. The third-order valence-electron chi connectivity index (χ3n) is 2.46. The van der Waals surface area contributed by atoms with Crippen LogP contribution in [0.15, 0.2) is 24.3 Å². The Balaban J connectivity index is 0.000000384. The largest absolute Gasteiger partial charge is 0.550 e. The number of benzene rings is 1. The molecule has 0 amide bonds. The first kappa shape index (κ1) is 19.2. The summed E-state index contributed by atoms with van der Waals surface area (Å²) in [4.78, 5) is 30.5. The van der Waals surface area contributed by atoms with Crippen LogP contribution < -0.4 is 21.3 Å². The van der Waals surface area contributed by atoms with E-state index in [1.165, 1.54) is 0 Å². The number of aliphatic carboxylic acids is 2. The average molecular weight is 345 g/mol. The predicted molar refractivity (Wildman–Crippen MR) is 67.5 cm³/mol. The number of nitrogens with two attached hydrogens (primary N) is 1. The van der Waals surface area contributed by atoms with Gasteiger partial charge in [-0.2, -0.15) is 0 Å². The minimum atomic E-state index is -1.44. The van der Waals surface area contributed by atoms with E-state index in [-0.39, 0.29) is 17.2 Å². The summed E-state index contributed by atoms with van der Waals surface area (Å²) in [7, 11) is 1.86. The second-order valence-electron chi connectivity index (χ2n) is 4.09. The van der Waals surface area contributed by atoms with E-state index in [9.17, 15) is 24.6 Å². The monoisotopic (exact) mass is 343 g/mol. The molecule has 0 aliphatic rings. The summed E-state index contributed by atoms with van der Waals surface area (Å²) in [5.41, 5.74) is 6.76. The minimum Gasteiger partial charge on any atom is -0.550 e. The van der Waals surface area contributed by atoms with Crippen LogP contribution in [-0.2, 0) is 27.9 Å². The van der Waals surface area contributed by atoms with Crippen LogP contribution in [0.5, 0.6) is 0 Å². The number of hydrogen-bond donors (Lipinski definition) is 2. The molecule has 0 aromatic heterocycles. The van der Waals surface area contributed by atoms with Crippen molar-refractivity contribution in [1.29, 1.82) is 0 Å². The fraction of sp³-hybridized carbons (Fsp3) is 0.308. The molecule has 0 aliphatic heterocycles. The molecule has 1 atom stereocenters. The smallest absolute Gasteiger partial charge is 0.0582 e. The van der Waals surface area contributed by atoms with Crippen LogP contribution in [0.1, 0.15) is 23.2 Å². The first-order valence-corrected chi connectivity index (χ1v) is 7.56. The van der Waals surface area contributed by atoms with Gasteiger partial charge in [0.15, 0.2) is 0 Å². The van der Waals surface area contributed by atoms with Gasteiger partial charge in [0.1, 0.15) is 0 Å². The van der Waals surface area contributed by atoms with Crippen molar-refractivity contribution in [2.75, 3.05) is 12.4 Å². The van der Waals surface area contributed by atoms with E-state index in [0.717, 1.165) is 11.3 Å². The Hall–Kier alpha value is -1.79. The van der Waals surface area contributed by atoms with Gasteiger partial charge < -0.3 is 25.5 Å². The summed E-state index contributed by atoms with van der Waals surface area (Å²) in [5.74, 6) is -2.75. The van der Waals surface area contributed by atoms with Crippen LogP contribution in [0.2, 0.25) is 0 Å². The molecule has 0 spiro atoms. The van der Waals surface area contributed by atoms with E-state index >= 15 is 0 Å². The zero-order valence-corrected chi connectivity index (χ0v) is 14.6. The topological polar surface area (TPSA) is 135 Å². The molecule has 1 aromatic rings. The number of carboxylic acid groups (broad SMARTS) is 2. The molecule has 0 saturated heterocycles. The third kappa shape index (κ3) is 8.89. The van der Waals surface area contributed by atoms with Crippen LogP contribution in [0.25, 0.3) is 0 Å². The van der Waals surface area contributed by atoms with Gasteiger partial charge in [-0.3, -0.25) is 0 Å². The quantitative estimate of drug-likeness (QED) is 0.570. The summed E-state index contributed by atoms with van der Waals surface area (Å²) in [6.07, 6.45) is -0.500. The minimum absolute atomic E-state index is 0.148. The number of carboxylic acids is 2. The van der Waals surface area contributed by atoms with Crippen LogP contribution in [-0.4, -0.2) is 29.4 Å². The Labute approximate surface area is 132 Å². The Kier molecular flexibility index (Phi) is 9.16. The Bertz CT molecular complexity index is 490. The molecule has 1 rings (SSSR count).